The van der Waals surface area contributed by atoms with Crippen LogP contribution in [0.5, 0.6) is 0 Å². The van der Waals surface area contributed by atoms with Crippen LogP contribution in [0.4, 0.5) is 5.69 Å². The van der Waals surface area contributed by atoms with Crippen molar-refractivity contribution in [2.45, 2.75) is 6.54 Å². The summed E-state index contributed by atoms with van der Waals surface area (Å²) in [4.78, 5) is 27.6. The number of carbonyl (C=O) groups is 1. The lowest BCUT2D eigenvalue weighted by Crippen LogP contribution is -2.26. The molecule has 0 saturated heterocycles. The Bertz CT molecular complexity index is 645. The predicted molar refractivity (Wildman–Crippen MR) is 76.0 cm³/mol. The van der Waals surface area contributed by atoms with Crippen LogP contribution in [0.2, 0.25) is 5.15 Å². The second-order valence-corrected chi connectivity index (χ2v) is 5.19. The third-order valence-corrected chi connectivity index (χ3v) is 3.65. The maximum absolute atomic E-state index is 12.3. The van der Waals surface area contributed by atoms with Gasteiger partial charge in [-0.2, -0.15) is 11.3 Å². The maximum Gasteiger partial charge on any atom is 0.319 e. The summed E-state index contributed by atoms with van der Waals surface area (Å²) >= 11 is 7.22. The highest BCUT2D eigenvalue weighted by atomic mass is 35.5. The summed E-state index contributed by atoms with van der Waals surface area (Å²) in [6.07, 6.45) is 1.28. The van der Waals surface area contributed by atoms with Gasteiger partial charge in [-0.3, -0.25) is 14.9 Å². The van der Waals surface area contributed by atoms with E-state index in [0.717, 1.165) is 5.56 Å². The summed E-state index contributed by atoms with van der Waals surface area (Å²) in [5.74, 6) is -0.466. The van der Waals surface area contributed by atoms with Crippen molar-refractivity contribution in [3.8, 4) is 0 Å². The largest absolute Gasteiger partial charge is 0.337 e. The van der Waals surface area contributed by atoms with Gasteiger partial charge in [0.2, 0.25) is 5.15 Å². The van der Waals surface area contributed by atoms with Crippen LogP contribution in [0.1, 0.15) is 15.9 Å². The van der Waals surface area contributed by atoms with E-state index < -0.39 is 16.5 Å². The molecule has 104 valence electrons. The second kappa shape index (κ2) is 5.98. The van der Waals surface area contributed by atoms with Crippen molar-refractivity contribution in [3.05, 3.63) is 55.5 Å². The first-order chi connectivity index (χ1) is 9.50. The van der Waals surface area contributed by atoms with E-state index in [2.05, 4.69) is 4.98 Å². The summed E-state index contributed by atoms with van der Waals surface area (Å²) < 4.78 is 0. The molecule has 2 rings (SSSR count). The number of carbonyl (C=O) groups excluding carboxylic acids is 1. The molecule has 8 heteroatoms. The quantitative estimate of drug-likeness (QED) is 0.494. The number of nitro groups is 1. The van der Waals surface area contributed by atoms with E-state index in [4.69, 9.17) is 11.6 Å². The molecule has 0 saturated carbocycles. The number of halogens is 1. The van der Waals surface area contributed by atoms with Crippen LogP contribution < -0.4 is 0 Å². The van der Waals surface area contributed by atoms with Gasteiger partial charge in [-0.05, 0) is 28.5 Å². The topological polar surface area (TPSA) is 76.3 Å². The van der Waals surface area contributed by atoms with Gasteiger partial charge in [-0.1, -0.05) is 11.6 Å². The summed E-state index contributed by atoms with van der Waals surface area (Å²) in [6, 6.07) is 3.19. The number of nitrogens with zero attached hydrogens (tertiary/aromatic N) is 3. The molecular formula is C12H10ClN3O3S. The first kappa shape index (κ1) is 14.4. The standard InChI is InChI=1S/C12H10ClN3O3S/c1-15(6-8-3-5-20-7-8)12(17)9-2-4-14-11(13)10(9)16(18)19/h2-5,7H,6H2,1H3. The zero-order valence-corrected chi connectivity index (χ0v) is 12.0. The molecular weight excluding hydrogens is 302 g/mol. The van der Waals surface area contributed by atoms with Gasteiger partial charge in [0.15, 0.2) is 0 Å². The number of pyridine rings is 1. The van der Waals surface area contributed by atoms with Crippen molar-refractivity contribution in [2.75, 3.05) is 7.05 Å². The van der Waals surface area contributed by atoms with Crippen LogP contribution in [-0.4, -0.2) is 27.8 Å². The lowest BCUT2D eigenvalue weighted by molar-refractivity contribution is -0.385. The van der Waals surface area contributed by atoms with Gasteiger partial charge in [-0.25, -0.2) is 4.98 Å². The molecule has 0 N–H and O–H groups in total. The van der Waals surface area contributed by atoms with Crippen LogP contribution >= 0.6 is 22.9 Å². The molecule has 2 heterocycles. The minimum atomic E-state index is -0.693. The van der Waals surface area contributed by atoms with E-state index in [1.54, 1.807) is 7.05 Å². The minimum absolute atomic E-state index is 0.0623. The minimum Gasteiger partial charge on any atom is -0.337 e. The number of hydrogen-bond donors (Lipinski definition) is 0. The van der Waals surface area contributed by atoms with E-state index in [9.17, 15) is 14.9 Å². The fraction of sp³-hybridized carbons (Fsp3) is 0.167. The molecule has 0 aliphatic heterocycles. The molecule has 20 heavy (non-hydrogen) atoms. The van der Waals surface area contributed by atoms with Crippen LogP contribution in [0.3, 0.4) is 0 Å². The molecule has 0 atom stereocenters. The third-order valence-electron chi connectivity index (χ3n) is 2.64. The maximum atomic E-state index is 12.3. The Hall–Kier alpha value is -1.99. The molecule has 2 aromatic rings. The lowest BCUT2D eigenvalue weighted by atomic mass is 10.2. The monoisotopic (exact) mass is 311 g/mol. The van der Waals surface area contributed by atoms with Crippen LogP contribution in [-0.2, 0) is 6.54 Å². The van der Waals surface area contributed by atoms with Crippen LogP contribution in [0, 0.1) is 10.1 Å². The second-order valence-electron chi connectivity index (χ2n) is 4.05. The third kappa shape index (κ3) is 2.94. The Kier molecular flexibility index (Phi) is 4.31. The van der Waals surface area contributed by atoms with Crippen molar-refractivity contribution in [1.29, 1.82) is 0 Å². The van der Waals surface area contributed by atoms with Gasteiger partial charge in [0.1, 0.15) is 5.56 Å². The summed E-state index contributed by atoms with van der Waals surface area (Å²) in [5, 5.41) is 14.5. The average Bonchev–Trinajstić information content (AvgIpc) is 2.89. The van der Waals surface area contributed by atoms with Crippen molar-refractivity contribution in [1.82, 2.24) is 9.88 Å². The fourth-order valence-electron chi connectivity index (χ4n) is 1.71. The van der Waals surface area contributed by atoms with E-state index in [0.29, 0.717) is 6.54 Å². The Morgan fingerprint density at radius 2 is 2.30 bits per heavy atom. The van der Waals surface area contributed by atoms with Gasteiger partial charge in [0.05, 0.1) is 4.92 Å². The predicted octanol–water partition coefficient (Wildman–Crippen LogP) is 2.98. The molecule has 0 bridgehead atoms. The van der Waals surface area contributed by atoms with Crippen LogP contribution in [0.15, 0.2) is 29.1 Å². The number of aromatic nitrogens is 1. The Morgan fingerprint density at radius 1 is 1.55 bits per heavy atom. The summed E-state index contributed by atoms with van der Waals surface area (Å²) in [7, 11) is 1.58. The number of thiophene rings is 1. The van der Waals surface area contributed by atoms with E-state index in [-0.39, 0.29) is 10.7 Å². The van der Waals surface area contributed by atoms with Crippen molar-refractivity contribution in [3.63, 3.8) is 0 Å². The van der Waals surface area contributed by atoms with E-state index >= 15 is 0 Å². The number of hydrogen-bond acceptors (Lipinski definition) is 5. The molecule has 0 aliphatic rings. The Morgan fingerprint density at radius 3 is 2.90 bits per heavy atom. The van der Waals surface area contributed by atoms with E-state index in [1.807, 2.05) is 16.8 Å². The molecule has 0 fully saturated rings. The molecule has 1 amide bonds. The highest BCUT2D eigenvalue weighted by Crippen LogP contribution is 2.27. The van der Waals surface area contributed by atoms with E-state index in [1.165, 1.54) is 28.5 Å². The Labute approximate surface area is 123 Å². The summed E-state index contributed by atoms with van der Waals surface area (Å²) in [6.45, 7) is 0.374. The molecule has 0 unspecified atom stereocenters. The highest BCUT2D eigenvalue weighted by molar-refractivity contribution is 7.07. The van der Waals surface area contributed by atoms with Crippen LogP contribution in [0.25, 0.3) is 0 Å². The fourth-order valence-corrected chi connectivity index (χ4v) is 2.60. The van der Waals surface area contributed by atoms with Gasteiger partial charge >= 0.3 is 5.69 Å². The van der Waals surface area contributed by atoms with Crippen molar-refractivity contribution >= 4 is 34.5 Å². The zero-order valence-electron chi connectivity index (χ0n) is 10.4. The van der Waals surface area contributed by atoms with Gasteiger partial charge < -0.3 is 4.90 Å². The Balaban J connectivity index is 2.29. The first-order valence-corrected chi connectivity index (χ1v) is 6.88. The summed E-state index contributed by atoms with van der Waals surface area (Å²) in [5.41, 5.74) is 0.442. The van der Waals surface area contributed by atoms with Crippen molar-refractivity contribution < 1.29 is 9.72 Å². The van der Waals surface area contributed by atoms with Gasteiger partial charge in [0.25, 0.3) is 5.91 Å². The lowest BCUT2D eigenvalue weighted by Gasteiger charge is -2.16. The molecule has 0 radical (unpaired) electrons. The molecule has 6 nitrogen and oxygen atoms in total. The molecule has 0 spiro atoms. The molecule has 2 aromatic heterocycles. The van der Waals surface area contributed by atoms with Gasteiger partial charge in [0, 0.05) is 19.8 Å². The smallest absolute Gasteiger partial charge is 0.319 e. The molecule has 0 aromatic carbocycles. The zero-order chi connectivity index (χ0) is 14.7. The highest BCUT2D eigenvalue weighted by Gasteiger charge is 2.26. The normalized spacial score (nSPS) is 10.3. The molecule has 0 aliphatic carbocycles. The first-order valence-electron chi connectivity index (χ1n) is 5.56. The average molecular weight is 312 g/mol. The number of amides is 1. The SMILES string of the molecule is CN(Cc1ccsc1)C(=O)c1ccnc(Cl)c1[N+](=O)[O-]. The number of rotatable bonds is 4. The van der Waals surface area contributed by atoms with Crippen molar-refractivity contribution in [2.24, 2.45) is 0 Å². The van der Waals surface area contributed by atoms with Gasteiger partial charge in [-0.15, -0.1) is 0 Å².